The number of nitrogens with one attached hydrogen (secondary N) is 1. The molecule has 4 rings (SSSR count). The fourth-order valence-corrected chi connectivity index (χ4v) is 6.54. The van der Waals surface area contributed by atoms with E-state index in [1.54, 1.807) is 18.3 Å². The predicted molar refractivity (Wildman–Crippen MR) is 125 cm³/mol. The summed E-state index contributed by atoms with van der Waals surface area (Å²) in [6.07, 6.45) is 8.55. The third kappa shape index (κ3) is 4.35. The highest BCUT2D eigenvalue weighted by molar-refractivity contribution is 7.89. The van der Waals surface area contributed by atoms with E-state index in [1.165, 1.54) is 16.8 Å². The Hall–Kier alpha value is -2.19. The summed E-state index contributed by atoms with van der Waals surface area (Å²) in [7, 11) is -3.67. The maximum Gasteiger partial charge on any atom is 0.256 e. The lowest BCUT2D eigenvalue weighted by Crippen LogP contribution is -2.42. The molecule has 174 valence electrons. The lowest BCUT2D eigenvalue weighted by atomic mass is 9.86. The quantitative estimate of drug-likeness (QED) is 0.741. The maximum atomic E-state index is 13.3. The van der Waals surface area contributed by atoms with E-state index in [-0.39, 0.29) is 27.8 Å². The number of carbonyl (C=O) groups is 1. The number of fused-ring (bicyclic) bond motifs is 1. The summed E-state index contributed by atoms with van der Waals surface area (Å²) >= 11 is 0. The van der Waals surface area contributed by atoms with Crippen molar-refractivity contribution in [3.05, 3.63) is 40.2 Å². The monoisotopic (exact) mass is 459 g/mol. The third-order valence-corrected chi connectivity index (χ3v) is 8.91. The number of amides is 1. The summed E-state index contributed by atoms with van der Waals surface area (Å²) in [6.45, 7) is 5.64. The molecule has 2 heterocycles. The number of rotatable bonds is 5. The van der Waals surface area contributed by atoms with Crippen LogP contribution in [0, 0.1) is 5.92 Å². The zero-order chi connectivity index (χ0) is 22.9. The first-order valence-electron chi connectivity index (χ1n) is 11.8. The van der Waals surface area contributed by atoms with Crippen LogP contribution >= 0.6 is 0 Å². The highest BCUT2D eigenvalue weighted by Gasteiger charge is 2.28. The van der Waals surface area contributed by atoms with E-state index in [0.717, 1.165) is 38.5 Å². The predicted octanol–water partition coefficient (Wildman–Crippen LogP) is 3.50. The molecule has 0 radical (unpaired) electrons. The summed E-state index contributed by atoms with van der Waals surface area (Å²) in [5.74, 6) is 0.00462. The first-order valence-corrected chi connectivity index (χ1v) is 13.2. The van der Waals surface area contributed by atoms with E-state index in [4.69, 9.17) is 0 Å². The van der Waals surface area contributed by atoms with Crippen molar-refractivity contribution in [1.29, 1.82) is 0 Å². The van der Waals surface area contributed by atoms with Crippen molar-refractivity contribution in [3.8, 4) is 0 Å². The third-order valence-electron chi connectivity index (χ3n) is 7.02. The van der Waals surface area contributed by atoms with Gasteiger partial charge in [0.15, 0.2) is 0 Å². The average molecular weight is 460 g/mol. The molecule has 1 aromatic heterocycles. The van der Waals surface area contributed by atoms with Crippen molar-refractivity contribution < 1.29 is 13.2 Å². The number of sulfonamides is 1. The smallest absolute Gasteiger partial charge is 0.256 e. The fourth-order valence-electron chi connectivity index (χ4n) is 4.99. The molecule has 1 saturated carbocycles. The van der Waals surface area contributed by atoms with Gasteiger partial charge in [0.05, 0.1) is 10.4 Å². The minimum absolute atomic E-state index is 0.0623. The van der Waals surface area contributed by atoms with Gasteiger partial charge in [-0.05, 0) is 56.7 Å². The first kappa shape index (κ1) is 23.0. The van der Waals surface area contributed by atoms with Gasteiger partial charge in [-0.3, -0.25) is 9.59 Å². The molecule has 1 N–H and O–H groups in total. The molecule has 2 aromatic rings. The van der Waals surface area contributed by atoms with Crippen molar-refractivity contribution in [3.63, 3.8) is 0 Å². The van der Waals surface area contributed by atoms with E-state index in [0.29, 0.717) is 31.1 Å². The van der Waals surface area contributed by atoms with Crippen molar-refractivity contribution in [2.45, 2.75) is 76.3 Å². The van der Waals surface area contributed by atoms with E-state index in [9.17, 15) is 18.0 Å². The fraction of sp³-hybridized carbons (Fsp3) is 0.583. The van der Waals surface area contributed by atoms with Crippen LogP contribution < -0.4 is 10.7 Å². The average Bonchev–Trinajstić information content (AvgIpc) is 2.81. The largest absolute Gasteiger partial charge is 0.349 e. The minimum atomic E-state index is -3.67. The number of benzene rings is 1. The summed E-state index contributed by atoms with van der Waals surface area (Å²) in [6, 6.07) is 4.77. The Kier molecular flexibility index (Phi) is 6.72. The van der Waals surface area contributed by atoms with Crippen LogP contribution in [0.4, 0.5) is 0 Å². The van der Waals surface area contributed by atoms with Crippen LogP contribution in [0.3, 0.4) is 0 Å². The number of aryl methyl sites for hydroxylation is 1. The summed E-state index contributed by atoms with van der Waals surface area (Å²) in [4.78, 5) is 26.5. The second-order valence-electron chi connectivity index (χ2n) is 9.14. The van der Waals surface area contributed by atoms with Gasteiger partial charge in [-0.15, -0.1) is 0 Å². The van der Waals surface area contributed by atoms with Crippen LogP contribution in [-0.4, -0.2) is 42.3 Å². The standard InChI is InChI=1S/C24H33N3O4S/c1-3-26-16-20(24(29)25-21-10-6-5-9-17(21)2)23(28)19-15-18(11-12-22(19)26)32(30,31)27-13-7-4-8-14-27/h11-12,15-17,21H,3-10,13-14H2,1-2H3,(H,25,29)/t17-,21+/m1/s1. The van der Waals surface area contributed by atoms with Crippen molar-refractivity contribution in [2.75, 3.05) is 13.1 Å². The highest BCUT2D eigenvalue weighted by atomic mass is 32.2. The van der Waals surface area contributed by atoms with Crippen LogP contribution in [0.2, 0.25) is 0 Å². The Morgan fingerprint density at radius 1 is 1.09 bits per heavy atom. The van der Waals surface area contributed by atoms with E-state index in [1.807, 2.05) is 11.5 Å². The van der Waals surface area contributed by atoms with Gasteiger partial charge in [0.2, 0.25) is 15.5 Å². The number of hydrogen-bond donors (Lipinski definition) is 1. The minimum Gasteiger partial charge on any atom is -0.349 e. The van der Waals surface area contributed by atoms with Crippen LogP contribution in [0.15, 0.2) is 34.1 Å². The highest BCUT2D eigenvalue weighted by Crippen LogP contribution is 2.25. The summed E-state index contributed by atoms with van der Waals surface area (Å²) in [5.41, 5.74) is 0.295. The van der Waals surface area contributed by atoms with Gasteiger partial charge in [-0.1, -0.05) is 26.2 Å². The zero-order valence-corrected chi connectivity index (χ0v) is 19.8. The Balaban J connectivity index is 1.74. The van der Waals surface area contributed by atoms with Gasteiger partial charge in [-0.25, -0.2) is 8.42 Å². The van der Waals surface area contributed by atoms with Gasteiger partial charge in [0.1, 0.15) is 5.56 Å². The molecule has 0 unspecified atom stereocenters. The maximum absolute atomic E-state index is 13.3. The van der Waals surface area contributed by atoms with Crippen LogP contribution in [0.1, 0.15) is 69.2 Å². The molecule has 2 fully saturated rings. The van der Waals surface area contributed by atoms with E-state index >= 15 is 0 Å². The molecular weight excluding hydrogens is 426 g/mol. The topological polar surface area (TPSA) is 88.5 Å². The number of hydrogen-bond acceptors (Lipinski definition) is 4. The van der Waals surface area contributed by atoms with Crippen LogP contribution in [0.25, 0.3) is 10.9 Å². The molecule has 1 saturated heterocycles. The molecule has 0 bridgehead atoms. The number of aromatic nitrogens is 1. The van der Waals surface area contributed by atoms with E-state index < -0.39 is 15.5 Å². The number of pyridine rings is 1. The molecule has 1 aliphatic carbocycles. The van der Waals surface area contributed by atoms with Gasteiger partial charge in [0, 0.05) is 37.3 Å². The lowest BCUT2D eigenvalue weighted by Gasteiger charge is -2.29. The number of piperidine rings is 1. The molecule has 2 atom stereocenters. The normalized spacial score (nSPS) is 22.7. The second-order valence-corrected chi connectivity index (χ2v) is 11.1. The zero-order valence-electron chi connectivity index (χ0n) is 19.0. The van der Waals surface area contributed by atoms with Crippen molar-refractivity contribution in [1.82, 2.24) is 14.2 Å². The molecule has 1 aromatic carbocycles. The molecule has 1 amide bonds. The number of carbonyl (C=O) groups excluding carboxylic acids is 1. The SMILES string of the molecule is CCn1cc(C(=O)N[C@H]2CCCC[C@H]2C)c(=O)c2cc(S(=O)(=O)N3CCCCC3)ccc21. The molecule has 1 aliphatic heterocycles. The van der Waals surface area contributed by atoms with Crippen LogP contribution in [0.5, 0.6) is 0 Å². The van der Waals surface area contributed by atoms with E-state index in [2.05, 4.69) is 12.2 Å². The summed E-state index contributed by atoms with van der Waals surface area (Å²) < 4.78 is 29.6. The lowest BCUT2D eigenvalue weighted by molar-refractivity contribution is 0.0908. The van der Waals surface area contributed by atoms with Gasteiger partial charge >= 0.3 is 0 Å². The number of nitrogens with zero attached hydrogens (tertiary/aromatic N) is 2. The Morgan fingerprint density at radius 3 is 2.50 bits per heavy atom. The second kappa shape index (κ2) is 9.35. The van der Waals surface area contributed by atoms with Crippen molar-refractivity contribution >= 4 is 26.8 Å². The summed E-state index contributed by atoms with van der Waals surface area (Å²) in [5, 5.41) is 3.33. The molecule has 32 heavy (non-hydrogen) atoms. The Bertz CT molecular complexity index is 1170. The van der Waals surface area contributed by atoms with Crippen LogP contribution in [-0.2, 0) is 16.6 Å². The molecule has 0 spiro atoms. The van der Waals surface area contributed by atoms with Gasteiger partial charge in [-0.2, -0.15) is 4.31 Å². The molecule has 2 aliphatic rings. The molecule has 7 nitrogen and oxygen atoms in total. The molecule has 8 heteroatoms. The van der Waals surface area contributed by atoms with Gasteiger partial charge < -0.3 is 9.88 Å². The Labute approximate surface area is 189 Å². The molecular formula is C24H33N3O4S. The van der Waals surface area contributed by atoms with Gasteiger partial charge in [0.25, 0.3) is 5.91 Å². The Morgan fingerprint density at radius 2 is 1.81 bits per heavy atom. The van der Waals surface area contributed by atoms with Crippen molar-refractivity contribution in [2.24, 2.45) is 5.92 Å². The first-order chi connectivity index (χ1) is 15.3.